The summed E-state index contributed by atoms with van der Waals surface area (Å²) in [5.74, 6) is -2.35. The van der Waals surface area contributed by atoms with Crippen LogP contribution in [0.5, 0.6) is 0 Å². The van der Waals surface area contributed by atoms with Gasteiger partial charge in [0.2, 0.25) is 0 Å². The number of quaternary nitrogens is 1. The van der Waals surface area contributed by atoms with Crippen molar-refractivity contribution in [3.63, 3.8) is 0 Å². The fourth-order valence-corrected chi connectivity index (χ4v) is 3.81. The molecule has 144 valence electrons. The number of nitrogen functional groups attached to an aromatic ring is 1. The zero-order chi connectivity index (χ0) is 19.4. The molecule has 3 rings (SSSR count). The van der Waals surface area contributed by atoms with Crippen LogP contribution in [0.15, 0.2) is 28.2 Å². The maximum Gasteiger partial charge on any atom is 0.277 e. The quantitative estimate of drug-likeness (QED) is 0.424. The van der Waals surface area contributed by atoms with E-state index < -0.39 is 23.1 Å². The van der Waals surface area contributed by atoms with Crippen LogP contribution in [0.2, 0.25) is 0 Å². The number of carbonyl (C=O) groups excluding carboxylic acids is 1. The number of anilines is 2. The van der Waals surface area contributed by atoms with Crippen LogP contribution < -0.4 is 21.5 Å². The number of benzene rings is 1. The van der Waals surface area contributed by atoms with Gasteiger partial charge in [-0.2, -0.15) is 0 Å². The molecule has 1 aliphatic rings. The largest absolute Gasteiger partial charge is 0.382 e. The molecule has 1 aromatic carbocycles. The van der Waals surface area contributed by atoms with E-state index in [4.69, 9.17) is 5.73 Å². The van der Waals surface area contributed by atoms with Crippen LogP contribution in [0.4, 0.5) is 20.3 Å². The molecule has 1 aliphatic heterocycles. The lowest BCUT2D eigenvalue weighted by molar-refractivity contribution is -0.884. The summed E-state index contributed by atoms with van der Waals surface area (Å²) in [6, 6.07) is 2.68. The van der Waals surface area contributed by atoms with Crippen molar-refractivity contribution < 1.29 is 18.5 Å². The molecule has 0 unspecified atom stereocenters. The maximum absolute atomic E-state index is 13.3. The van der Waals surface area contributed by atoms with E-state index in [0.717, 1.165) is 30.5 Å². The topological polar surface area (TPSA) is 105 Å². The predicted molar refractivity (Wildman–Crippen MR) is 99.1 cm³/mol. The van der Waals surface area contributed by atoms with Gasteiger partial charge in [0.05, 0.1) is 25.4 Å². The van der Waals surface area contributed by atoms with E-state index in [0.29, 0.717) is 5.16 Å². The van der Waals surface area contributed by atoms with Crippen LogP contribution in [-0.4, -0.2) is 41.3 Å². The molecule has 0 radical (unpaired) electrons. The zero-order valence-corrected chi connectivity index (χ0v) is 15.3. The molecule has 1 fully saturated rings. The molecule has 2 aromatic rings. The van der Waals surface area contributed by atoms with Gasteiger partial charge in [0.1, 0.15) is 5.69 Å². The predicted octanol–water partition coefficient (Wildman–Crippen LogP) is 0.653. The molecular weight excluding hydrogens is 376 g/mol. The third-order valence-electron chi connectivity index (χ3n) is 4.35. The van der Waals surface area contributed by atoms with Crippen LogP contribution in [0.3, 0.4) is 0 Å². The van der Waals surface area contributed by atoms with Gasteiger partial charge in [-0.3, -0.25) is 14.6 Å². The molecule has 0 saturated carbocycles. The van der Waals surface area contributed by atoms with E-state index in [1.807, 2.05) is 0 Å². The van der Waals surface area contributed by atoms with Gasteiger partial charge in [-0.1, -0.05) is 11.8 Å². The fourth-order valence-electron chi connectivity index (χ4n) is 2.90. The van der Waals surface area contributed by atoms with E-state index in [1.54, 1.807) is 0 Å². The zero-order valence-electron chi connectivity index (χ0n) is 14.5. The molecule has 1 saturated heterocycles. The Labute approximate surface area is 158 Å². The number of nitrogens with two attached hydrogens (primary N) is 1. The van der Waals surface area contributed by atoms with Gasteiger partial charge in [0.15, 0.2) is 22.6 Å². The van der Waals surface area contributed by atoms with Crippen molar-refractivity contribution in [1.29, 1.82) is 0 Å². The van der Waals surface area contributed by atoms with E-state index >= 15 is 0 Å². The standard InChI is InChI=1S/C17H19F2N5O2S/c18-11-4-3-10(9-12(11)19)15(25)21-13-14(20)22-17(23-16(13)26)27-8-7-24-5-1-2-6-24/h3-4,9H,1-2,5-8H2,(H,21,25)(H3,20,22,23,26)/p+1. The highest BCUT2D eigenvalue weighted by atomic mass is 32.2. The van der Waals surface area contributed by atoms with Gasteiger partial charge < -0.3 is 16.0 Å². The number of hydrogen-bond donors (Lipinski definition) is 4. The molecule has 7 nitrogen and oxygen atoms in total. The third-order valence-corrected chi connectivity index (χ3v) is 5.23. The summed E-state index contributed by atoms with van der Waals surface area (Å²) < 4.78 is 26.2. The number of amides is 1. The van der Waals surface area contributed by atoms with Crippen molar-refractivity contribution >= 4 is 29.2 Å². The average Bonchev–Trinajstić information content (AvgIpc) is 3.14. The lowest BCUT2D eigenvalue weighted by Gasteiger charge is -2.11. The second-order valence-corrected chi connectivity index (χ2v) is 7.35. The molecule has 5 N–H and O–H groups in total. The smallest absolute Gasteiger partial charge is 0.277 e. The minimum absolute atomic E-state index is 0.134. The Morgan fingerprint density at radius 2 is 2.04 bits per heavy atom. The third kappa shape index (κ3) is 4.83. The summed E-state index contributed by atoms with van der Waals surface area (Å²) in [5, 5.41) is 2.67. The van der Waals surface area contributed by atoms with Crippen molar-refractivity contribution in [3.8, 4) is 0 Å². The molecular formula is C17H20F2N5O2S+. The first-order valence-electron chi connectivity index (χ1n) is 8.56. The highest BCUT2D eigenvalue weighted by Gasteiger charge is 2.17. The van der Waals surface area contributed by atoms with Crippen molar-refractivity contribution in [2.24, 2.45) is 0 Å². The number of halogens is 2. The van der Waals surface area contributed by atoms with Gasteiger partial charge in [0.25, 0.3) is 11.5 Å². The monoisotopic (exact) mass is 396 g/mol. The first-order valence-corrected chi connectivity index (χ1v) is 9.55. The van der Waals surface area contributed by atoms with E-state index in [2.05, 4.69) is 15.3 Å². The average molecular weight is 396 g/mol. The number of rotatable bonds is 6. The van der Waals surface area contributed by atoms with Crippen molar-refractivity contribution in [2.45, 2.75) is 18.0 Å². The number of aromatic amines is 1. The highest BCUT2D eigenvalue weighted by molar-refractivity contribution is 7.99. The Bertz CT molecular complexity index is 899. The van der Waals surface area contributed by atoms with Gasteiger partial charge >= 0.3 is 0 Å². The van der Waals surface area contributed by atoms with Gasteiger partial charge in [-0.05, 0) is 18.2 Å². The minimum atomic E-state index is -1.16. The van der Waals surface area contributed by atoms with Gasteiger partial charge in [0, 0.05) is 18.4 Å². The van der Waals surface area contributed by atoms with Crippen molar-refractivity contribution in [3.05, 3.63) is 45.8 Å². The second kappa shape index (κ2) is 8.49. The molecule has 2 heterocycles. The van der Waals surface area contributed by atoms with Crippen LogP contribution in [0.25, 0.3) is 0 Å². The number of nitrogens with zero attached hydrogens (tertiary/aromatic N) is 1. The van der Waals surface area contributed by atoms with Gasteiger partial charge in [-0.15, -0.1) is 0 Å². The normalized spacial score (nSPS) is 14.4. The van der Waals surface area contributed by atoms with Crippen LogP contribution in [-0.2, 0) is 0 Å². The number of thioether (sulfide) groups is 1. The first-order chi connectivity index (χ1) is 12.9. The molecule has 1 amide bonds. The van der Waals surface area contributed by atoms with Crippen molar-refractivity contribution in [1.82, 2.24) is 9.97 Å². The summed E-state index contributed by atoms with van der Waals surface area (Å²) in [4.78, 5) is 32.6. The fraction of sp³-hybridized carbons (Fsp3) is 0.353. The number of H-pyrrole nitrogens is 1. The Hall–Kier alpha value is -2.46. The summed E-state index contributed by atoms with van der Waals surface area (Å²) in [6.45, 7) is 3.31. The Morgan fingerprint density at radius 1 is 1.30 bits per heavy atom. The van der Waals surface area contributed by atoms with Crippen LogP contribution >= 0.6 is 11.8 Å². The molecule has 10 heteroatoms. The van der Waals surface area contributed by atoms with E-state index in [9.17, 15) is 18.4 Å². The van der Waals surface area contributed by atoms with Crippen LogP contribution in [0, 0.1) is 11.6 Å². The molecule has 0 aliphatic carbocycles. The second-order valence-electron chi connectivity index (χ2n) is 6.27. The molecule has 1 aromatic heterocycles. The summed E-state index contributed by atoms with van der Waals surface area (Å²) in [5.41, 5.74) is 4.83. The number of hydrogen-bond acceptors (Lipinski definition) is 5. The lowest BCUT2D eigenvalue weighted by Crippen LogP contribution is -3.10. The molecule has 0 atom stereocenters. The van der Waals surface area contributed by atoms with E-state index in [1.165, 1.54) is 42.6 Å². The summed E-state index contributed by atoms with van der Waals surface area (Å²) in [6.07, 6.45) is 2.49. The molecule has 27 heavy (non-hydrogen) atoms. The molecule has 0 bridgehead atoms. The summed E-state index contributed by atoms with van der Waals surface area (Å²) >= 11 is 1.39. The van der Waals surface area contributed by atoms with Gasteiger partial charge in [-0.25, -0.2) is 13.8 Å². The Balaban J connectivity index is 1.66. The minimum Gasteiger partial charge on any atom is -0.382 e. The Morgan fingerprint density at radius 3 is 2.70 bits per heavy atom. The SMILES string of the molecule is Nc1nc(SCC[NH+]2CCCC2)[nH]c(=O)c1NC(=O)c1ccc(F)c(F)c1. The number of likely N-dealkylation sites (tertiary alicyclic amines) is 1. The lowest BCUT2D eigenvalue weighted by atomic mass is 10.2. The molecule has 0 spiro atoms. The Kier molecular flexibility index (Phi) is 6.07. The van der Waals surface area contributed by atoms with E-state index in [-0.39, 0.29) is 17.1 Å². The van der Waals surface area contributed by atoms with Crippen LogP contribution in [0.1, 0.15) is 23.2 Å². The van der Waals surface area contributed by atoms with Crippen molar-refractivity contribution in [2.75, 3.05) is 36.4 Å². The summed E-state index contributed by atoms with van der Waals surface area (Å²) in [7, 11) is 0. The number of nitrogens with one attached hydrogen (secondary N) is 3. The maximum atomic E-state index is 13.3. The number of aromatic nitrogens is 2. The number of carbonyl (C=O) groups is 1. The highest BCUT2D eigenvalue weighted by Crippen LogP contribution is 2.17. The first kappa shape index (κ1) is 19.3.